The molecule has 1 fully saturated rings. The van der Waals surface area contributed by atoms with E-state index in [1.54, 1.807) is 22.0 Å². The fourth-order valence-electron chi connectivity index (χ4n) is 3.19. The highest BCUT2D eigenvalue weighted by Gasteiger charge is 2.24. The van der Waals surface area contributed by atoms with Gasteiger partial charge in [0.1, 0.15) is 0 Å². The summed E-state index contributed by atoms with van der Waals surface area (Å²) in [5, 5.41) is 11.0. The molecule has 9 nitrogen and oxygen atoms in total. The normalized spacial score (nSPS) is 14.7. The topological polar surface area (TPSA) is 96.7 Å². The van der Waals surface area contributed by atoms with E-state index in [9.17, 15) is 4.79 Å². The van der Waals surface area contributed by atoms with Crippen LogP contribution in [0.1, 0.15) is 32.3 Å². The molecule has 1 saturated heterocycles. The lowest BCUT2D eigenvalue weighted by Crippen LogP contribution is -2.49. The summed E-state index contributed by atoms with van der Waals surface area (Å²) in [6.07, 6.45) is 6.87. The quantitative estimate of drug-likeness (QED) is 0.341. The van der Waals surface area contributed by atoms with Gasteiger partial charge >= 0.3 is 6.09 Å². The molecule has 30 heavy (non-hydrogen) atoms. The Labute approximate surface area is 194 Å². The van der Waals surface area contributed by atoms with Gasteiger partial charge in [0, 0.05) is 44.3 Å². The van der Waals surface area contributed by atoms with Crippen LogP contribution in [0.5, 0.6) is 0 Å². The molecule has 0 radical (unpaired) electrons. The van der Waals surface area contributed by atoms with Gasteiger partial charge in [0.05, 0.1) is 13.2 Å². The van der Waals surface area contributed by atoms with E-state index in [1.807, 2.05) is 38.2 Å². The van der Waals surface area contributed by atoms with Crippen LogP contribution in [0.25, 0.3) is 5.82 Å². The SMILES string of the molecule is CCNC(=NCc1ccnc(-n2cccn2)c1)NC1CCN(C(=O)OCC)CC1.I. The molecular formula is C20H30IN7O2. The van der Waals surface area contributed by atoms with Crippen molar-refractivity contribution in [3.63, 3.8) is 0 Å². The Morgan fingerprint density at radius 2 is 2.10 bits per heavy atom. The maximum absolute atomic E-state index is 11.8. The van der Waals surface area contributed by atoms with Gasteiger partial charge < -0.3 is 20.3 Å². The number of aromatic nitrogens is 3. The number of pyridine rings is 1. The summed E-state index contributed by atoms with van der Waals surface area (Å²) < 4.78 is 6.81. The standard InChI is InChI=1S/C20H29N7O2.HI/c1-3-21-19(25-17-7-12-26(13-8-17)20(28)29-4-2)23-15-16-6-10-22-18(14-16)27-11-5-9-24-27;/h5-6,9-11,14,17H,3-4,7-8,12-13,15H2,1-2H3,(H2,21,23,25);1H. The number of halogens is 1. The van der Waals surface area contributed by atoms with Gasteiger partial charge in [-0.15, -0.1) is 24.0 Å². The van der Waals surface area contributed by atoms with E-state index >= 15 is 0 Å². The minimum Gasteiger partial charge on any atom is -0.450 e. The predicted molar refractivity (Wildman–Crippen MR) is 126 cm³/mol. The fourth-order valence-corrected chi connectivity index (χ4v) is 3.19. The van der Waals surface area contributed by atoms with Crippen molar-refractivity contribution in [1.82, 2.24) is 30.3 Å². The summed E-state index contributed by atoms with van der Waals surface area (Å²) in [7, 11) is 0. The highest BCUT2D eigenvalue weighted by Crippen LogP contribution is 2.12. The fraction of sp³-hybridized carbons (Fsp3) is 0.500. The zero-order valence-electron chi connectivity index (χ0n) is 17.5. The van der Waals surface area contributed by atoms with Crippen molar-refractivity contribution in [2.75, 3.05) is 26.2 Å². The van der Waals surface area contributed by atoms with Crippen LogP contribution in [0.4, 0.5) is 4.79 Å². The second kappa shape index (κ2) is 12.4. The molecule has 10 heteroatoms. The third kappa shape index (κ3) is 6.85. The average molecular weight is 527 g/mol. The number of guanidine groups is 1. The van der Waals surface area contributed by atoms with Gasteiger partial charge in [-0.1, -0.05) is 0 Å². The number of carbonyl (C=O) groups excluding carboxylic acids is 1. The predicted octanol–water partition coefficient (Wildman–Crippen LogP) is 2.56. The maximum atomic E-state index is 11.8. The molecule has 1 aliphatic rings. The van der Waals surface area contributed by atoms with E-state index in [0.717, 1.165) is 36.7 Å². The number of carbonyl (C=O) groups is 1. The summed E-state index contributed by atoms with van der Waals surface area (Å²) in [4.78, 5) is 22.7. The number of likely N-dealkylation sites (tertiary alicyclic amines) is 1. The van der Waals surface area contributed by atoms with Crippen LogP contribution in [0.3, 0.4) is 0 Å². The first-order chi connectivity index (χ1) is 14.2. The molecule has 0 aliphatic carbocycles. The maximum Gasteiger partial charge on any atom is 0.409 e. The summed E-state index contributed by atoms with van der Waals surface area (Å²) in [5.74, 6) is 1.55. The number of nitrogens with zero attached hydrogens (tertiary/aromatic N) is 5. The summed E-state index contributed by atoms with van der Waals surface area (Å²) in [6.45, 7) is 6.97. The first-order valence-corrected chi connectivity index (χ1v) is 10.1. The zero-order valence-corrected chi connectivity index (χ0v) is 19.8. The largest absolute Gasteiger partial charge is 0.450 e. The van der Waals surface area contributed by atoms with Crippen molar-refractivity contribution < 1.29 is 9.53 Å². The van der Waals surface area contributed by atoms with Gasteiger partial charge in [-0.25, -0.2) is 19.5 Å². The van der Waals surface area contributed by atoms with Gasteiger partial charge in [0.15, 0.2) is 11.8 Å². The molecule has 2 aromatic rings. The van der Waals surface area contributed by atoms with Crippen LogP contribution in [-0.4, -0.2) is 64.0 Å². The monoisotopic (exact) mass is 527 g/mol. The number of rotatable bonds is 6. The molecule has 0 atom stereocenters. The molecule has 0 saturated carbocycles. The van der Waals surface area contributed by atoms with Gasteiger partial charge in [-0.05, 0) is 50.5 Å². The number of hydrogen-bond donors (Lipinski definition) is 2. The Morgan fingerprint density at radius 1 is 1.30 bits per heavy atom. The number of hydrogen-bond acceptors (Lipinski definition) is 5. The van der Waals surface area contributed by atoms with Crippen molar-refractivity contribution in [1.29, 1.82) is 0 Å². The molecule has 1 aliphatic heterocycles. The molecule has 0 spiro atoms. The van der Waals surface area contributed by atoms with Gasteiger partial charge in [-0.2, -0.15) is 5.10 Å². The van der Waals surface area contributed by atoms with E-state index in [0.29, 0.717) is 26.2 Å². The third-order valence-electron chi connectivity index (χ3n) is 4.67. The minimum absolute atomic E-state index is 0. The molecule has 3 heterocycles. The van der Waals surface area contributed by atoms with Crippen LogP contribution < -0.4 is 10.6 Å². The molecule has 164 valence electrons. The lowest BCUT2D eigenvalue weighted by molar-refractivity contribution is 0.0963. The molecule has 2 aromatic heterocycles. The lowest BCUT2D eigenvalue weighted by Gasteiger charge is -2.32. The van der Waals surface area contributed by atoms with E-state index in [4.69, 9.17) is 9.73 Å². The van der Waals surface area contributed by atoms with Crippen LogP contribution in [0.15, 0.2) is 41.8 Å². The van der Waals surface area contributed by atoms with Crippen molar-refractivity contribution in [2.45, 2.75) is 39.3 Å². The average Bonchev–Trinajstić information content (AvgIpc) is 3.28. The molecule has 0 aromatic carbocycles. The van der Waals surface area contributed by atoms with Gasteiger partial charge in [0.2, 0.25) is 0 Å². The van der Waals surface area contributed by atoms with E-state index in [2.05, 4.69) is 20.7 Å². The lowest BCUT2D eigenvalue weighted by atomic mass is 10.1. The molecule has 0 bridgehead atoms. The highest BCUT2D eigenvalue weighted by molar-refractivity contribution is 14.0. The summed E-state index contributed by atoms with van der Waals surface area (Å²) in [6, 6.07) is 6.08. The molecule has 3 rings (SSSR count). The van der Waals surface area contributed by atoms with E-state index in [-0.39, 0.29) is 36.1 Å². The third-order valence-corrected chi connectivity index (χ3v) is 4.67. The first-order valence-electron chi connectivity index (χ1n) is 10.1. The number of aliphatic imine (C=N–C) groups is 1. The number of nitrogens with one attached hydrogen (secondary N) is 2. The summed E-state index contributed by atoms with van der Waals surface area (Å²) >= 11 is 0. The molecule has 2 N–H and O–H groups in total. The Hall–Kier alpha value is -2.37. The second-order valence-electron chi connectivity index (χ2n) is 6.77. The van der Waals surface area contributed by atoms with Gasteiger partial charge in [-0.3, -0.25) is 0 Å². The number of ether oxygens (including phenoxy) is 1. The smallest absolute Gasteiger partial charge is 0.409 e. The molecule has 1 amide bonds. The van der Waals surface area contributed by atoms with Crippen molar-refractivity contribution in [2.24, 2.45) is 4.99 Å². The Balaban J connectivity index is 0.00000320. The number of amides is 1. The van der Waals surface area contributed by atoms with Crippen LogP contribution in [0, 0.1) is 0 Å². The second-order valence-corrected chi connectivity index (χ2v) is 6.77. The van der Waals surface area contributed by atoms with E-state index in [1.165, 1.54) is 0 Å². The van der Waals surface area contributed by atoms with E-state index < -0.39 is 0 Å². The van der Waals surface area contributed by atoms with Crippen molar-refractivity contribution >= 4 is 36.0 Å². The van der Waals surface area contributed by atoms with Crippen molar-refractivity contribution in [3.05, 3.63) is 42.4 Å². The number of piperidine rings is 1. The molecular weight excluding hydrogens is 497 g/mol. The Bertz CT molecular complexity index is 805. The highest BCUT2D eigenvalue weighted by atomic mass is 127. The zero-order chi connectivity index (χ0) is 20.5. The minimum atomic E-state index is -0.225. The van der Waals surface area contributed by atoms with Crippen LogP contribution in [0.2, 0.25) is 0 Å². The van der Waals surface area contributed by atoms with Gasteiger partial charge in [0.25, 0.3) is 0 Å². The Kier molecular flexibility index (Phi) is 9.84. The van der Waals surface area contributed by atoms with Crippen LogP contribution in [-0.2, 0) is 11.3 Å². The first kappa shape index (κ1) is 23.9. The Morgan fingerprint density at radius 3 is 2.77 bits per heavy atom. The van der Waals surface area contributed by atoms with Crippen molar-refractivity contribution in [3.8, 4) is 5.82 Å². The van der Waals surface area contributed by atoms with Crippen LogP contribution >= 0.6 is 24.0 Å². The summed E-state index contributed by atoms with van der Waals surface area (Å²) in [5.41, 5.74) is 1.06. The molecule has 0 unspecified atom stereocenters.